The molecule has 0 fully saturated rings. The number of nitrogen functional groups attached to an aromatic ring is 1. The quantitative estimate of drug-likeness (QED) is 0.380. The summed E-state index contributed by atoms with van der Waals surface area (Å²) in [5.41, 5.74) is 7.38. The molecular weight excluding hydrogens is 462 g/mol. The zero-order valence-electron chi connectivity index (χ0n) is 18.8. The third-order valence-electron chi connectivity index (χ3n) is 5.68. The summed E-state index contributed by atoms with van der Waals surface area (Å²) in [6, 6.07) is 11.0. The first kappa shape index (κ1) is 24.1. The Morgan fingerprint density at radius 2 is 1.83 bits per heavy atom. The molecule has 0 spiro atoms. The van der Waals surface area contributed by atoms with Gasteiger partial charge in [0.05, 0.1) is 41.3 Å². The van der Waals surface area contributed by atoms with Gasteiger partial charge in [0.1, 0.15) is 11.6 Å². The van der Waals surface area contributed by atoms with Crippen molar-refractivity contribution in [1.29, 1.82) is 0 Å². The highest BCUT2D eigenvalue weighted by Gasteiger charge is 2.31. The van der Waals surface area contributed by atoms with Crippen LogP contribution in [-0.2, 0) is 12.7 Å². The van der Waals surface area contributed by atoms with Crippen LogP contribution in [0.1, 0.15) is 45.8 Å². The van der Waals surface area contributed by atoms with Crippen molar-refractivity contribution in [2.24, 2.45) is 0 Å². The predicted molar refractivity (Wildman–Crippen MR) is 123 cm³/mol. The highest BCUT2D eigenvalue weighted by Crippen LogP contribution is 2.29. The lowest BCUT2D eigenvalue weighted by molar-refractivity contribution is -0.137. The van der Waals surface area contributed by atoms with E-state index in [0.717, 1.165) is 24.0 Å². The van der Waals surface area contributed by atoms with Crippen molar-refractivity contribution in [3.05, 3.63) is 94.8 Å². The van der Waals surface area contributed by atoms with Gasteiger partial charge < -0.3 is 10.6 Å². The van der Waals surface area contributed by atoms with Crippen molar-refractivity contribution >= 4 is 22.6 Å². The van der Waals surface area contributed by atoms with Gasteiger partial charge >= 0.3 is 6.18 Å². The molecule has 6 nitrogen and oxygen atoms in total. The van der Waals surface area contributed by atoms with Crippen LogP contribution in [0.15, 0.2) is 60.9 Å². The van der Waals surface area contributed by atoms with E-state index in [1.165, 1.54) is 23.1 Å². The third kappa shape index (κ3) is 5.21. The lowest BCUT2D eigenvalue weighted by Gasteiger charge is -2.29. The van der Waals surface area contributed by atoms with E-state index in [0.29, 0.717) is 28.0 Å². The number of halogens is 4. The minimum atomic E-state index is -4.52. The maximum absolute atomic E-state index is 13.6. The van der Waals surface area contributed by atoms with Crippen LogP contribution in [0.4, 0.5) is 23.4 Å². The predicted octanol–water partition coefficient (Wildman–Crippen LogP) is 5.48. The largest absolute Gasteiger partial charge is 0.417 e. The lowest BCUT2D eigenvalue weighted by Crippen LogP contribution is -2.34. The van der Waals surface area contributed by atoms with Gasteiger partial charge in [-0.25, -0.2) is 9.37 Å². The van der Waals surface area contributed by atoms with Crippen LogP contribution < -0.4 is 5.73 Å². The number of amides is 1. The Labute approximate surface area is 198 Å². The number of fused-ring (bicyclic) bond motifs is 1. The molecule has 0 aliphatic rings. The monoisotopic (exact) mass is 483 g/mol. The molecule has 1 atom stereocenters. The molecule has 3 aromatic heterocycles. The fourth-order valence-electron chi connectivity index (χ4n) is 3.63. The summed E-state index contributed by atoms with van der Waals surface area (Å²) >= 11 is 0. The fraction of sp³-hybridized carbons (Fsp3) is 0.200. The Hall–Kier alpha value is -4.08. The average Bonchev–Trinajstić information content (AvgIpc) is 2.82. The van der Waals surface area contributed by atoms with Crippen LogP contribution in [0.5, 0.6) is 0 Å². The minimum absolute atomic E-state index is 0.0890. The highest BCUT2D eigenvalue weighted by atomic mass is 19.4. The summed E-state index contributed by atoms with van der Waals surface area (Å²) in [7, 11) is 0. The molecule has 1 amide bonds. The van der Waals surface area contributed by atoms with Crippen LogP contribution in [-0.4, -0.2) is 25.8 Å². The van der Waals surface area contributed by atoms with E-state index in [2.05, 4.69) is 15.0 Å². The molecule has 35 heavy (non-hydrogen) atoms. The van der Waals surface area contributed by atoms with Crippen molar-refractivity contribution in [1.82, 2.24) is 19.9 Å². The van der Waals surface area contributed by atoms with Crippen molar-refractivity contribution < 1.29 is 22.4 Å². The zero-order chi connectivity index (χ0) is 25.3. The lowest BCUT2D eigenvalue weighted by atomic mass is 10.1. The van der Waals surface area contributed by atoms with Crippen LogP contribution in [0.3, 0.4) is 0 Å². The second kappa shape index (κ2) is 9.28. The number of alkyl halides is 3. The van der Waals surface area contributed by atoms with Crippen molar-refractivity contribution in [2.75, 3.05) is 5.73 Å². The number of aromatic nitrogens is 3. The van der Waals surface area contributed by atoms with Gasteiger partial charge in [-0.3, -0.25) is 14.8 Å². The normalized spacial score (nSPS) is 12.5. The Bertz CT molecular complexity index is 1370. The van der Waals surface area contributed by atoms with Gasteiger partial charge in [0.15, 0.2) is 0 Å². The molecule has 0 unspecified atom stereocenters. The molecular formula is C25H21F4N5O. The van der Waals surface area contributed by atoms with Crippen molar-refractivity contribution in [3.8, 4) is 0 Å². The summed E-state index contributed by atoms with van der Waals surface area (Å²) in [4.78, 5) is 27.3. The number of rotatable bonds is 5. The standard InChI is InChI=1S/C25H21F4N5O/c1-14-9-17-10-16(3-7-22(17)33-23(14)30)24(35)34(15(2)21-8-5-19(26)12-32-21)13-20-6-4-18(11-31-20)25(27,28)29/h3-12,15H,13H2,1-2H3,(H2,30,33)/t15-/m1/s1. The Balaban J connectivity index is 1.71. The fourth-order valence-corrected chi connectivity index (χ4v) is 3.63. The third-order valence-corrected chi connectivity index (χ3v) is 5.68. The van der Waals surface area contributed by atoms with E-state index in [1.807, 2.05) is 6.07 Å². The molecule has 3 heterocycles. The Morgan fingerprint density at radius 1 is 1.06 bits per heavy atom. The number of hydrogen-bond acceptors (Lipinski definition) is 5. The van der Waals surface area contributed by atoms with Gasteiger partial charge in [0.2, 0.25) is 0 Å². The first-order valence-corrected chi connectivity index (χ1v) is 10.6. The van der Waals surface area contributed by atoms with E-state index in [9.17, 15) is 22.4 Å². The molecule has 1 aromatic carbocycles. The number of anilines is 1. The van der Waals surface area contributed by atoms with E-state index in [-0.39, 0.29) is 12.2 Å². The van der Waals surface area contributed by atoms with Crippen LogP contribution in [0.2, 0.25) is 0 Å². The van der Waals surface area contributed by atoms with Gasteiger partial charge in [-0.1, -0.05) is 0 Å². The number of hydrogen-bond donors (Lipinski definition) is 1. The summed E-state index contributed by atoms with van der Waals surface area (Å²) in [5.74, 6) is -0.538. The molecule has 4 rings (SSSR count). The molecule has 0 bridgehead atoms. The van der Waals surface area contributed by atoms with Crippen LogP contribution in [0, 0.1) is 12.7 Å². The summed E-state index contributed by atoms with van der Waals surface area (Å²) < 4.78 is 52.2. The summed E-state index contributed by atoms with van der Waals surface area (Å²) in [5, 5.41) is 0.711. The topological polar surface area (TPSA) is 85.0 Å². The number of pyridine rings is 3. The second-order valence-electron chi connectivity index (χ2n) is 8.14. The SMILES string of the molecule is Cc1cc2cc(C(=O)N(Cc3ccc(C(F)(F)F)cn3)[C@H](C)c3ccc(F)cn3)ccc2nc1N. The Kier molecular flexibility index (Phi) is 6.38. The van der Waals surface area contributed by atoms with Gasteiger partial charge in [0, 0.05) is 17.1 Å². The highest BCUT2D eigenvalue weighted by molar-refractivity contribution is 5.98. The number of carbonyl (C=O) groups is 1. The van der Waals surface area contributed by atoms with E-state index >= 15 is 0 Å². The second-order valence-corrected chi connectivity index (χ2v) is 8.14. The van der Waals surface area contributed by atoms with E-state index in [1.54, 1.807) is 32.0 Å². The van der Waals surface area contributed by atoms with Gasteiger partial charge in [0.25, 0.3) is 5.91 Å². The summed E-state index contributed by atoms with van der Waals surface area (Å²) in [6.45, 7) is 3.42. The molecule has 4 aromatic rings. The molecule has 10 heteroatoms. The molecule has 0 saturated carbocycles. The van der Waals surface area contributed by atoms with E-state index < -0.39 is 29.5 Å². The number of benzene rings is 1. The molecule has 2 N–H and O–H groups in total. The van der Waals surface area contributed by atoms with Gasteiger partial charge in [-0.05, 0) is 67.9 Å². The zero-order valence-corrected chi connectivity index (χ0v) is 18.8. The Morgan fingerprint density at radius 3 is 2.46 bits per heavy atom. The van der Waals surface area contributed by atoms with Crippen molar-refractivity contribution in [2.45, 2.75) is 32.6 Å². The number of nitrogens with zero attached hydrogens (tertiary/aromatic N) is 4. The molecule has 0 saturated heterocycles. The van der Waals surface area contributed by atoms with Crippen molar-refractivity contribution in [3.63, 3.8) is 0 Å². The maximum Gasteiger partial charge on any atom is 0.417 e. The average molecular weight is 483 g/mol. The van der Waals surface area contributed by atoms with Crippen LogP contribution in [0.25, 0.3) is 10.9 Å². The molecule has 180 valence electrons. The minimum Gasteiger partial charge on any atom is -0.383 e. The van der Waals surface area contributed by atoms with E-state index in [4.69, 9.17) is 5.73 Å². The number of carbonyl (C=O) groups excluding carboxylic acids is 1. The number of nitrogens with two attached hydrogens (primary N) is 1. The summed E-state index contributed by atoms with van der Waals surface area (Å²) in [6.07, 6.45) is -2.75. The van der Waals surface area contributed by atoms with Gasteiger partial charge in [-0.2, -0.15) is 13.2 Å². The number of aryl methyl sites for hydroxylation is 1. The molecule has 0 aliphatic heterocycles. The smallest absolute Gasteiger partial charge is 0.383 e. The first-order chi connectivity index (χ1) is 16.5. The molecule has 0 aliphatic carbocycles. The first-order valence-electron chi connectivity index (χ1n) is 10.6. The van der Waals surface area contributed by atoms with Crippen LogP contribution >= 0.6 is 0 Å². The maximum atomic E-state index is 13.6. The molecule has 0 radical (unpaired) electrons. The van der Waals surface area contributed by atoms with Gasteiger partial charge in [-0.15, -0.1) is 0 Å².